The Labute approximate surface area is 90.7 Å². The molecule has 0 unspecified atom stereocenters. The van der Waals surface area contributed by atoms with Crippen molar-refractivity contribution < 1.29 is 19.4 Å². The van der Waals surface area contributed by atoms with Crippen molar-refractivity contribution in [2.75, 3.05) is 6.61 Å². The predicted molar refractivity (Wildman–Crippen MR) is 54.4 cm³/mol. The fraction of sp³-hybridized carbons (Fsp3) is 0.444. The van der Waals surface area contributed by atoms with Gasteiger partial charge in [-0.1, -0.05) is 0 Å². The third-order valence-corrected chi connectivity index (χ3v) is 2.75. The molecular weight excluding hydrogens is 218 g/mol. The van der Waals surface area contributed by atoms with E-state index in [9.17, 15) is 9.59 Å². The molecule has 0 atom stereocenters. The van der Waals surface area contributed by atoms with Gasteiger partial charge in [-0.25, -0.2) is 9.78 Å². The highest BCUT2D eigenvalue weighted by atomic mass is 32.1. The minimum Gasteiger partial charge on any atom is -0.476 e. The summed E-state index contributed by atoms with van der Waals surface area (Å²) in [5.74, 6) is -1.47. The van der Waals surface area contributed by atoms with E-state index in [2.05, 4.69) is 4.98 Å². The Bertz CT molecular complexity index is 354. The summed E-state index contributed by atoms with van der Waals surface area (Å²) in [5, 5.41) is 9.32. The molecule has 0 spiro atoms. The lowest BCUT2D eigenvalue weighted by atomic mass is 10.3. The Balaban J connectivity index is 2.98. The van der Waals surface area contributed by atoms with E-state index in [1.54, 1.807) is 0 Å². The summed E-state index contributed by atoms with van der Waals surface area (Å²) in [5.41, 5.74) is -0.179. The zero-order valence-electron chi connectivity index (χ0n) is 8.44. The number of ether oxygens (including phenoxy) is 1. The van der Waals surface area contributed by atoms with Crippen molar-refractivity contribution in [3.63, 3.8) is 0 Å². The van der Waals surface area contributed by atoms with E-state index in [0.717, 1.165) is 11.3 Å². The number of rotatable bonds is 5. The number of nitrogens with zero attached hydrogens (tertiary/aromatic N) is 1. The highest BCUT2D eigenvalue weighted by Gasteiger charge is 2.20. The molecule has 0 radical (unpaired) electrons. The zero-order chi connectivity index (χ0) is 11.4. The maximum atomic E-state index is 11.1. The van der Waals surface area contributed by atoms with E-state index in [0.29, 0.717) is 11.6 Å². The van der Waals surface area contributed by atoms with Crippen molar-refractivity contribution in [3.05, 3.63) is 15.6 Å². The first-order valence-electron chi connectivity index (χ1n) is 4.38. The minimum absolute atomic E-state index is 0.178. The van der Waals surface area contributed by atoms with Crippen molar-refractivity contribution in [2.45, 2.75) is 20.5 Å². The van der Waals surface area contributed by atoms with Crippen LogP contribution in [0.25, 0.3) is 0 Å². The van der Waals surface area contributed by atoms with Crippen LogP contribution in [0.15, 0.2) is 0 Å². The van der Waals surface area contributed by atoms with Crippen LogP contribution in [0.3, 0.4) is 0 Å². The SMILES string of the molecule is CCOCc1nc(C(=O)O)c(C(C)=O)s1. The number of carbonyl (C=O) groups excluding carboxylic acids is 1. The van der Waals surface area contributed by atoms with E-state index in [-0.39, 0.29) is 23.0 Å². The van der Waals surface area contributed by atoms with Crippen molar-refractivity contribution in [1.82, 2.24) is 4.98 Å². The van der Waals surface area contributed by atoms with Crippen molar-refractivity contribution in [2.24, 2.45) is 0 Å². The highest BCUT2D eigenvalue weighted by molar-refractivity contribution is 7.14. The van der Waals surface area contributed by atoms with Crippen molar-refractivity contribution in [1.29, 1.82) is 0 Å². The summed E-state index contributed by atoms with van der Waals surface area (Å²) in [6.45, 7) is 3.92. The molecule has 0 aliphatic carbocycles. The first kappa shape index (κ1) is 11.8. The van der Waals surface area contributed by atoms with E-state index < -0.39 is 5.97 Å². The smallest absolute Gasteiger partial charge is 0.356 e. The molecule has 6 heteroatoms. The number of Topliss-reactive ketones (excluding diaryl/α,β-unsaturated/α-hetero) is 1. The average Bonchev–Trinajstić information content (AvgIpc) is 2.58. The van der Waals surface area contributed by atoms with E-state index >= 15 is 0 Å². The maximum Gasteiger partial charge on any atom is 0.356 e. The number of carboxylic acid groups (broad SMARTS) is 1. The summed E-state index contributed by atoms with van der Waals surface area (Å²) >= 11 is 1.07. The Hall–Kier alpha value is -1.27. The van der Waals surface area contributed by atoms with Gasteiger partial charge in [0.15, 0.2) is 11.5 Å². The highest BCUT2D eigenvalue weighted by Crippen LogP contribution is 2.20. The number of hydrogen-bond acceptors (Lipinski definition) is 5. The number of hydrogen-bond donors (Lipinski definition) is 1. The Morgan fingerprint density at radius 1 is 1.53 bits per heavy atom. The van der Waals surface area contributed by atoms with Crippen LogP contribution >= 0.6 is 11.3 Å². The molecule has 5 nitrogen and oxygen atoms in total. The standard InChI is InChI=1S/C9H11NO4S/c1-3-14-4-6-10-7(9(12)13)8(15-6)5(2)11/h3-4H2,1-2H3,(H,12,13). The van der Waals surface area contributed by atoms with Crippen LogP contribution in [0.1, 0.15) is 39.0 Å². The van der Waals surface area contributed by atoms with Gasteiger partial charge in [-0.15, -0.1) is 11.3 Å². The molecule has 0 saturated carbocycles. The van der Waals surface area contributed by atoms with E-state index in [1.807, 2.05) is 6.92 Å². The molecule has 1 N–H and O–H groups in total. The quantitative estimate of drug-likeness (QED) is 0.776. The summed E-state index contributed by atoms with van der Waals surface area (Å²) in [7, 11) is 0. The molecular formula is C9H11NO4S. The number of aromatic nitrogens is 1. The van der Waals surface area contributed by atoms with Crippen LogP contribution in [0.5, 0.6) is 0 Å². The molecule has 0 aromatic carbocycles. The summed E-state index contributed by atoms with van der Waals surface area (Å²) in [6, 6.07) is 0. The largest absolute Gasteiger partial charge is 0.476 e. The van der Waals surface area contributed by atoms with Gasteiger partial charge in [0.1, 0.15) is 9.88 Å². The first-order chi connectivity index (χ1) is 7.06. The third kappa shape index (κ3) is 2.84. The Morgan fingerprint density at radius 3 is 2.60 bits per heavy atom. The molecule has 0 fully saturated rings. The van der Waals surface area contributed by atoms with Crippen LogP contribution in [0.4, 0.5) is 0 Å². The fourth-order valence-corrected chi connectivity index (χ4v) is 1.89. The average molecular weight is 229 g/mol. The normalized spacial score (nSPS) is 10.3. The number of carbonyl (C=O) groups is 2. The van der Waals surface area contributed by atoms with Gasteiger partial charge in [0, 0.05) is 13.5 Å². The molecule has 0 saturated heterocycles. The molecule has 1 aromatic rings. The molecule has 0 bridgehead atoms. The third-order valence-electron chi connectivity index (χ3n) is 1.62. The molecule has 15 heavy (non-hydrogen) atoms. The molecule has 1 rings (SSSR count). The predicted octanol–water partition coefficient (Wildman–Crippen LogP) is 1.58. The number of thiazole rings is 1. The van der Waals surface area contributed by atoms with Gasteiger partial charge >= 0.3 is 5.97 Å². The zero-order valence-corrected chi connectivity index (χ0v) is 9.26. The van der Waals surface area contributed by atoms with Gasteiger partial charge in [0.25, 0.3) is 0 Å². The lowest BCUT2D eigenvalue weighted by molar-refractivity contribution is 0.0686. The molecule has 82 valence electrons. The molecule has 1 heterocycles. The van der Waals surface area contributed by atoms with Crippen LogP contribution in [0, 0.1) is 0 Å². The van der Waals surface area contributed by atoms with Gasteiger partial charge in [-0.05, 0) is 6.92 Å². The second-order valence-electron chi connectivity index (χ2n) is 2.78. The van der Waals surface area contributed by atoms with Crippen LogP contribution < -0.4 is 0 Å². The number of carboxylic acids is 1. The monoisotopic (exact) mass is 229 g/mol. The second-order valence-corrected chi connectivity index (χ2v) is 3.87. The summed E-state index contributed by atoms with van der Waals surface area (Å²) < 4.78 is 5.09. The van der Waals surface area contributed by atoms with Gasteiger partial charge < -0.3 is 9.84 Å². The van der Waals surface area contributed by atoms with E-state index in [4.69, 9.17) is 9.84 Å². The van der Waals surface area contributed by atoms with Crippen molar-refractivity contribution in [3.8, 4) is 0 Å². The second kappa shape index (κ2) is 4.99. The van der Waals surface area contributed by atoms with Crippen LogP contribution in [-0.2, 0) is 11.3 Å². The van der Waals surface area contributed by atoms with Crippen molar-refractivity contribution >= 4 is 23.1 Å². The summed E-state index contributed by atoms with van der Waals surface area (Å²) in [4.78, 5) is 25.9. The van der Waals surface area contributed by atoms with Gasteiger partial charge in [0.05, 0.1) is 6.61 Å². The van der Waals surface area contributed by atoms with Crippen LogP contribution in [-0.4, -0.2) is 28.4 Å². The molecule has 1 aromatic heterocycles. The number of ketones is 1. The number of aromatic carboxylic acids is 1. The lowest BCUT2D eigenvalue weighted by Gasteiger charge is -1.93. The Morgan fingerprint density at radius 2 is 2.20 bits per heavy atom. The molecule has 0 aliphatic heterocycles. The topological polar surface area (TPSA) is 76.5 Å². The van der Waals surface area contributed by atoms with Gasteiger partial charge in [-0.2, -0.15) is 0 Å². The maximum absolute atomic E-state index is 11.1. The minimum atomic E-state index is -1.18. The Kier molecular flexibility index (Phi) is 3.93. The first-order valence-corrected chi connectivity index (χ1v) is 5.19. The van der Waals surface area contributed by atoms with E-state index in [1.165, 1.54) is 6.92 Å². The molecule has 0 amide bonds. The summed E-state index contributed by atoms with van der Waals surface area (Å²) in [6.07, 6.45) is 0. The van der Waals surface area contributed by atoms with Crippen LogP contribution in [0.2, 0.25) is 0 Å². The lowest BCUT2D eigenvalue weighted by Crippen LogP contribution is -2.03. The fourth-order valence-electron chi connectivity index (χ4n) is 0.999. The van der Waals surface area contributed by atoms with Gasteiger partial charge in [-0.3, -0.25) is 4.79 Å². The molecule has 0 aliphatic rings. The van der Waals surface area contributed by atoms with Gasteiger partial charge in [0.2, 0.25) is 0 Å².